The van der Waals surface area contributed by atoms with Crippen LogP contribution in [0.1, 0.15) is 10.4 Å². The Morgan fingerprint density at radius 1 is 1.17 bits per heavy atom. The third-order valence-corrected chi connectivity index (χ3v) is 3.86. The molecule has 0 aliphatic carbocycles. The van der Waals surface area contributed by atoms with Crippen molar-refractivity contribution >= 4 is 28.0 Å². The number of anilines is 1. The maximum Gasteiger partial charge on any atom is 0.261 e. The van der Waals surface area contributed by atoms with E-state index in [1.807, 2.05) is 36.4 Å². The molecule has 0 atom stereocenters. The highest BCUT2D eigenvalue weighted by molar-refractivity contribution is 6.10. The molecule has 2 aromatic carbocycles. The van der Waals surface area contributed by atoms with Crippen LogP contribution in [0.25, 0.3) is 16.4 Å². The summed E-state index contributed by atoms with van der Waals surface area (Å²) in [7, 11) is 1.59. The fourth-order valence-electron chi connectivity index (χ4n) is 2.74. The number of hydrogen-bond acceptors (Lipinski definition) is 4. The van der Waals surface area contributed by atoms with Gasteiger partial charge in [0.2, 0.25) is 0 Å². The number of carbonyl (C=O) groups is 1. The summed E-state index contributed by atoms with van der Waals surface area (Å²) in [5.74, 6) is 0.350. The second-order valence-electron chi connectivity index (χ2n) is 5.27. The van der Waals surface area contributed by atoms with Crippen LogP contribution >= 0.6 is 0 Å². The van der Waals surface area contributed by atoms with E-state index in [0.717, 1.165) is 10.8 Å². The Morgan fingerprint density at radius 2 is 2.04 bits per heavy atom. The molecule has 4 aromatic rings. The van der Waals surface area contributed by atoms with Crippen molar-refractivity contribution in [3.63, 3.8) is 0 Å². The number of carbonyl (C=O) groups excluding carboxylic acids is 1. The molecule has 118 valence electrons. The van der Waals surface area contributed by atoms with Crippen molar-refractivity contribution in [2.24, 2.45) is 0 Å². The van der Waals surface area contributed by atoms with Crippen LogP contribution in [0.3, 0.4) is 0 Å². The van der Waals surface area contributed by atoms with Crippen molar-refractivity contribution in [1.82, 2.24) is 14.6 Å². The molecule has 4 rings (SSSR count). The van der Waals surface area contributed by atoms with E-state index >= 15 is 0 Å². The third kappa shape index (κ3) is 2.25. The zero-order chi connectivity index (χ0) is 16.5. The van der Waals surface area contributed by atoms with E-state index in [0.29, 0.717) is 22.6 Å². The van der Waals surface area contributed by atoms with Gasteiger partial charge in [-0.05, 0) is 17.5 Å². The van der Waals surface area contributed by atoms with Crippen LogP contribution in [0.4, 0.5) is 5.69 Å². The summed E-state index contributed by atoms with van der Waals surface area (Å²) in [5, 5.41) is 9.01. The van der Waals surface area contributed by atoms with Crippen molar-refractivity contribution in [2.45, 2.75) is 0 Å². The highest BCUT2D eigenvalue weighted by atomic mass is 16.5. The molecule has 24 heavy (non-hydrogen) atoms. The molecule has 0 radical (unpaired) electrons. The molecule has 2 aromatic heterocycles. The first-order valence-corrected chi connectivity index (χ1v) is 7.43. The van der Waals surface area contributed by atoms with Crippen LogP contribution in [0.2, 0.25) is 0 Å². The summed E-state index contributed by atoms with van der Waals surface area (Å²) in [5.41, 5.74) is 1.53. The van der Waals surface area contributed by atoms with Crippen LogP contribution in [0.5, 0.6) is 5.75 Å². The van der Waals surface area contributed by atoms with Gasteiger partial charge in [-0.15, -0.1) is 0 Å². The van der Waals surface area contributed by atoms with Gasteiger partial charge in [0.1, 0.15) is 11.3 Å². The first-order chi connectivity index (χ1) is 11.8. The van der Waals surface area contributed by atoms with Crippen molar-refractivity contribution in [3.05, 3.63) is 66.6 Å². The molecule has 2 heterocycles. The van der Waals surface area contributed by atoms with Gasteiger partial charge in [0.25, 0.3) is 5.91 Å². The summed E-state index contributed by atoms with van der Waals surface area (Å²) < 4.78 is 7.08. The molecular formula is C18H14N4O2. The van der Waals surface area contributed by atoms with Crippen molar-refractivity contribution in [1.29, 1.82) is 0 Å². The number of methoxy groups -OCH3 is 1. The maximum atomic E-state index is 12.6. The quantitative estimate of drug-likeness (QED) is 0.630. The van der Waals surface area contributed by atoms with Gasteiger partial charge in [-0.1, -0.05) is 30.3 Å². The molecule has 0 saturated heterocycles. The Balaban J connectivity index is 1.75. The zero-order valence-corrected chi connectivity index (χ0v) is 12.9. The van der Waals surface area contributed by atoms with Crippen molar-refractivity contribution < 1.29 is 9.53 Å². The number of amides is 1. The topological polar surface area (TPSA) is 68.5 Å². The lowest BCUT2D eigenvalue weighted by Crippen LogP contribution is -2.13. The van der Waals surface area contributed by atoms with E-state index in [9.17, 15) is 4.79 Å². The molecule has 0 spiro atoms. The first-order valence-electron chi connectivity index (χ1n) is 7.43. The number of aromatic nitrogens is 3. The van der Waals surface area contributed by atoms with Crippen molar-refractivity contribution in [2.75, 3.05) is 12.4 Å². The van der Waals surface area contributed by atoms with Crippen LogP contribution in [-0.2, 0) is 0 Å². The largest absolute Gasteiger partial charge is 0.494 e. The van der Waals surface area contributed by atoms with Gasteiger partial charge in [0.05, 0.1) is 19.0 Å². The minimum Gasteiger partial charge on any atom is -0.494 e. The molecule has 0 fully saturated rings. The van der Waals surface area contributed by atoms with Crippen LogP contribution in [-0.4, -0.2) is 27.6 Å². The summed E-state index contributed by atoms with van der Waals surface area (Å²) >= 11 is 0. The number of fused-ring (bicyclic) bond motifs is 2. The summed E-state index contributed by atoms with van der Waals surface area (Å²) in [6, 6.07) is 13.4. The van der Waals surface area contributed by atoms with Crippen LogP contribution < -0.4 is 10.1 Å². The van der Waals surface area contributed by atoms with Gasteiger partial charge in [-0.25, -0.2) is 9.50 Å². The molecule has 6 heteroatoms. The molecule has 0 aliphatic rings. The third-order valence-electron chi connectivity index (χ3n) is 3.86. The van der Waals surface area contributed by atoms with E-state index in [4.69, 9.17) is 4.74 Å². The molecule has 0 unspecified atom stereocenters. The summed E-state index contributed by atoms with van der Waals surface area (Å²) in [6.45, 7) is 0. The second-order valence-corrected chi connectivity index (χ2v) is 5.27. The van der Waals surface area contributed by atoms with E-state index in [2.05, 4.69) is 15.4 Å². The highest BCUT2D eigenvalue weighted by Crippen LogP contribution is 2.33. The molecule has 0 aliphatic heterocycles. The lowest BCUT2D eigenvalue weighted by Gasteiger charge is -2.12. The molecule has 1 amide bonds. The average molecular weight is 318 g/mol. The van der Waals surface area contributed by atoms with E-state index in [1.54, 1.807) is 30.1 Å². The molecule has 0 saturated carbocycles. The molecule has 0 bridgehead atoms. The highest BCUT2D eigenvalue weighted by Gasteiger charge is 2.16. The van der Waals surface area contributed by atoms with Gasteiger partial charge in [0.15, 0.2) is 5.65 Å². The Hall–Kier alpha value is -3.41. The predicted octanol–water partition coefficient (Wildman–Crippen LogP) is 3.14. The van der Waals surface area contributed by atoms with Gasteiger partial charge >= 0.3 is 0 Å². The molecule has 1 N–H and O–H groups in total. The number of rotatable bonds is 3. The SMILES string of the molecule is COc1c(NC(=O)c2cnn3cccnc23)ccc2ccccc12. The van der Waals surface area contributed by atoms with Crippen LogP contribution in [0, 0.1) is 0 Å². The number of benzene rings is 2. The Labute approximate surface area is 137 Å². The smallest absolute Gasteiger partial charge is 0.261 e. The number of hydrogen-bond donors (Lipinski definition) is 1. The van der Waals surface area contributed by atoms with Gasteiger partial charge in [-0.2, -0.15) is 5.10 Å². The molecular weight excluding hydrogens is 304 g/mol. The Kier molecular flexibility index (Phi) is 3.35. The second kappa shape index (κ2) is 5.66. The summed E-state index contributed by atoms with van der Waals surface area (Å²) in [4.78, 5) is 16.8. The first kappa shape index (κ1) is 14.2. The average Bonchev–Trinajstić information content (AvgIpc) is 3.05. The van der Waals surface area contributed by atoms with E-state index in [1.165, 1.54) is 6.20 Å². The van der Waals surface area contributed by atoms with Gasteiger partial charge in [-0.3, -0.25) is 4.79 Å². The fraction of sp³-hybridized carbons (Fsp3) is 0.0556. The van der Waals surface area contributed by atoms with Crippen molar-refractivity contribution in [3.8, 4) is 5.75 Å². The Bertz CT molecular complexity index is 1060. The van der Waals surface area contributed by atoms with E-state index < -0.39 is 0 Å². The predicted molar refractivity (Wildman–Crippen MR) is 91.4 cm³/mol. The normalized spacial score (nSPS) is 10.9. The fourth-order valence-corrected chi connectivity index (χ4v) is 2.74. The maximum absolute atomic E-state index is 12.6. The number of nitrogens with zero attached hydrogens (tertiary/aromatic N) is 3. The van der Waals surface area contributed by atoms with Crippen LogP contribution in [0.15, 0.2) is 61.1 Å². The van der Waals surface area contributed by atoms with Gasteiger partial charge < -0.3 is 10.1 Å². The lowest BCUT2D eigenvalue weighted by molar-refractivity contribution is 0.102. The number of ether oxygens (including phenoxy) is 1. The minimum absolute atomic E-state index is 0.280. The van der Waals surface area contributed by atoms with E-state index in [-0.39, 0.29) is 5.91 Å². The summed E-state index contributed by atoms with van der Waals surface area (Å²) in [6.07, 6.45) is 4.88. The standard InChI is InChI=1S/C18H14N4O2/c1-24-16-13-6-3-2-5-12(13)7-8-15(16)21-18(23)14-11-20-22-10-4-9-19-17(14)22/h2-11H,1H3,(H,21,23). The lowest BCUT2D eigenvalue weighted by atomic mass is 10.1. The number of nitrogens with one attached hydrogen (secondary N) is 1. The van der Waals surface area contributed by atoms with Gasteiger partial charge in [0, 0.05) is 17.8 Å². The monoisotopic (exact) mass is 318 g/mol. The zero-order valence-electron chi connectivity index (χ0n) is 12.9. The minimum atomic E-state index is -0.280. The Morgan fingerprint density at radius 3 is 2.92 bits per heavy atom. The molecule has 6 nitrogen and oxygen atoms in total.